The topological polar surface area (TPSA) is 0 Å². The van der Waals surface area contributed by atoms with Gasteiger partial charge in [-0.25, -0.2) is 0 Å². The summed E-state index contributed by atoms with van der Waals surface area (Å²) in [7, 11) is 0.144. The van der Waals surface area contributed by atoms with Crippen molar-refractivity contribution in [1.29, 1.82) is 0 Å². The Morgan fingerprint density at radius 2 is 2.14 bits per heavy atom. The number of rotatable bonds is 3. The van der Waals surface area contributed by atoms with Crippen LogP contribution < -0.4 is 0 Å². The first kappa shape index (κ1) is 7.35. The van der Waals surface area contributed by atoms with E-state index in [1.54, 1.807) is 0 Å². The molecule has 0 aromatic rings. The second-order valence-electron chi connectivity index (χ2n) is 1.93. The monoisotopic (exact) mass is 119 g/mol. The average Bonchev–Trinajstić information content (AvgIpc) is 1.61. The van der Waals surface area contributed by atoms with Crippen LogP contribution in [0.2, 0.25) is 0 Å². The highest BCUT2D eigenvalue weighted by Crippen LogP contribution is 2.17. The second kappa shape index (κ2) is 4.51. The van der Waals surface area contributed by atoms with Gasteiger partial charge in [0.05, 0.1) is 0 Å². The summed E-state index contributed by atoms with van der Waals surface area (Å²) in [4.78, 5) is 0. The van der Waals surface area contributed by atoms with Crippen molar-refractivity contribution >= 4 is 10.9 Å². The molecule has 0 aliphatic carbocycles. The lowest BCUT2D eigenvalue weighted by molar-refractivity contribution is 0.896. The van der Waals surface area contributed by atoms with Gasteiger partial charge in [0.25, 0.3) is 0 Å². The Labute approximate surface area is 49.7 Å². The van der Waals surface area contributed by atoms with Crippen molar-refractivity contribution in [1.82, 2.24) is 0 Å². The van der Waals surface area contributed by atoms with E-state index in [4.69, 9.17) is 0 Å². The Hall–Kier alpha value is 0.350. The molecular formula is C6H15S. The molecule has 1 atom stereocenters. The summed E-state index contributed by atoms with van der Waals surface area (Å²) in [6.45, 7) is 2.22. The fourth-order valence-electron chi connectivity index (χ4n) is 0.428. The Balaban J connectivity index is 2.68. The van der Waals surface area contributed by atoms with Gasteiger partial charge in [0.2, 0.25) is 0 Å². The van der Waals surface area contributed by atoms with Gasteiger partial charge >= 0.3 is 0 Å². The number of thiol groups is 1. The van der Waals surface area contributed by atoms with Crippen LogP contribution in [-0.2, 0) is 0 Å². The molecule has 0 N–H and O–H groups in total. The normalized spacial score (nSPS) is 11.6. The highest BCUT2D eigenvalue weighted by molar-refractivity contribution is 8.17. The van der Waals surface area contributed by atoms with Crippen molar-refractivity contribution in [3.8, 4) is 0 Å². The lowest BCUT2D eigenvalue weighted by Crippen LogP contribution is -1.79. The standard InChI is InChI=1S/C6H15S/c1-4-5-6-7(2)3/h7H,2,4-6H2,1,3H3. The molecule has 45 valence electrons. The molecule has 1 radical (unpaired) electrons. The molecular weight excluding hydrogens is 104 g/mol. The summed E-state index contributed by atoms with van der Waals surface area (Å²) in [6, 6.07) is 0. The molecule has 0 bridgehead atoms. The zero-order valence-electron chi connectivity index (χ0n) is 5.28. The van der Waals surface area contributed by atoms with Crippen molar-refractivity contribution in [3.05, 3.63) is 6.26 Å². The van der Waals surface area contributed by atoms with Crippen LogP contribution in [0.1, 0.15) is 19.8 Å². The lowest BCUT2D eigenvalue weighted by Gasteiger charge is -2.04. The summed E-state index contributed by atoms with van der Waals surface area (Å²) in [6.07, 6.45) is 8.86. The molecule has 1 heteroatoms. The molecule has 0 aromatic heterocycles. The fourth-order valence-corrected chi connectivity index (χ4v) is 1.28. The van der Waals surface area contributed by atoms with Gasteiger partial charge in [-0.05, 0) is 24.7 Å². The molecule has 0 nitrogen and oxygen atoms in total. The summed E-state index contributed by atoms with van der Waals surface area (Å²) in [5, 5.41) is 0. The fraction of sp³-hybridized carbons (Fsp3) is 0.833. The van der Waals surface area contributed by atoms with E-state index in [0.29, 0.717) is 0 Å². The van der Waals surface area contributed by atoms with E-state index in [-0.39, 0.29) is 10.9 Å². The van der Waals surface area contributed by atoms with Crippen molar-refractivity contribution in [2.45, 2.75) is 19.8 Å². The minimum atomic E-state index is 0.144. The van der Waals surface area contributed by atoms with Gasteiger partial charge in [-0.3, -0.25) is 10.9 Å². The van der Waals surface area contributed by atoms with Crippen LogP contribution in [0.5, 0.6) is 0 Å². The molecule has 0 aromatic carbocycles. The number of hydrogen-bond donors (Lipinski definition) is 1. The van der Waals surface area contributed by atoms with Crippen LogP contribution >= 0.6 is 10.9 Å². The van der Waals surface area contributed by atoms with Crippen molar-refractivity contribution in [3.63, 3.8) is 0 Å². The minimum Gasteiger partial charge on any atom is -0.256 e. The highest BCUT2D eigenvalue weighted by Gasteiger charge is 1.84. The maximum Gasteiger partial charge on any atom is -0.0181 e. The van der Waals surface area contributed by atoms with Crippen molar-refractivity contribution < 1.29 is 0 Å². The van der Waals surface area contributed by atoms with E-state index in [0.717, 1.165) is 0 Å². The van der Waals surface area contributed by atoms with Gasteiger partial charge in [0.15, 0.2) is 0 Å². The Kier molecular flexibility index (Phi) is 4.73. The predicted octanol–water partition coefficient (Wildman–Crippen LogP) is 2.21. The quantitative estimate of drug-likeness (QED) is 0.541. The second-order valence-corrected chi connectivity index (χ2v) is 4.09. The third kappa shape index (κ3) is 6.35. The smallest absolute Gasteiger partial charge is 0.0181 e. The van der Waals surface area contributed by atoms with Crippen molar-refractivity contribution in [2.24, 2.45) is 0 Å². The summed E-state index contributed by atoms with van der Waals surface area (Å²) < 4.78 is 0. The molecule has 0 saturated heterocycles. The molecule has 0 aliphatic heterocycles. The Bertz CT molecular complexity index is 33.2. The summed E-state index contributed by atoms with van der Waals surface area (Å²) in [5.41, 5.74) is 0. The summed E-state index contributed by atoms with van der Waals surface area (Å²) >= 11 is 0. The highest BCUT2D eigenvalue weighted by atomic mass is 32.2. The van der Waals surface area contributed by atoms with E-state index in [9.17, 15) is 0 Å². The maximum atomic E-state index is 3.94. The van der Waals surface area contributed by atoms with Gasteiger partial charge in [0, 0.05) is 0 Å². The molecule has 0 amide bonds. The molecule has 0 rings (SSSR count). The minimum absolute atomic E-state index is 0.144. The van der Waals surface area contributed by atoms with Gasteiger partial charge in [-0.1, -0.05) is 13.3 Å². The zero-order valence-corrected chi connectivity index (χ0v) is 6.17. The third-order valence-electron chi connectivity index (χ3n) is 0.893. The SMILES string of the molecule is [CH2][SH](C)CCCC. The van der Waals surface area contributed by atoms with Crippen LogP contribution in [-0.4, -0.2) is 12.0 Å². The zero-order chi connectivity index (χ0) is 5.70. The Morgan fingerprint density at radius 3 is 2.29 bits per heavy atom. The van der Waals surface area contributed by atoms with Gasteiger partial charge < -0.3 is 0 Å². The molecule has 7 heavy (non-hydrogen) atoms. The van der Waals surface area contributed by atoms with Crippen LogP contribution in [0.15, 0.2) is 0 Å². The third-order valence-corrected chi connectivity index (χ3v) is 1.97. The Morgan fingerprint density at radius 1 is 1.57 bits per heavy atom. The largest absolute Gasteiger partial charge is 0.256 e. The molecule has 0 aliphatic rings. The number of hydrogen-bond acceptors (Lipinski definition) is 0. The number of unbranched alkanes of at least 4 members (excludes halogenated alkanes) is 1. The van der Waals surface area contributed by atoms with E-state index >= 15 is 0 Å². The van der Waals surface area contributed by atoms with Crippen LogP contribution in [0.25, 0.3) is 0 Å². The molecule has 0 saturated carbocycles. The van der Waals surface area contributed by atoms with Gasteiger partial charge in [-0.2, -0.15) is 0 Å². The van der Waals surface area contributed by atoms with Gasteiger partial charge in [0.1, 0.15) is 0 Å². The average molecular weight is 119 g/mol. The maximum absolute atomic E-state index is 3.94. The van der Waals surface area contributed by atoms with E-state index in [2.05, 4.69) is 19.4 Å². The molecule has 1 unspecified atom stereocenters. The first-order chi connectivity index (χ1) is 3.27. The van der Waals surface area contributed by atoms with E-state index in [1.807, 2.05) is 0 Å². The first-order valence-corrected chi connectivity index (χ1v) is 4.95. The van der Waals surface area contributed by atoms with Gasteiger partial charge in [-0.15, -0.1) is 0 Å². The van der Waals surface area contributed by atoms with E-state index < -0.39 is 0 Å². The summed E-state index contributed by atoms with van der Waals surface area (Å²) in [5.74, 6) is 1.35. The van der Waals surface area contributed by atoms with Crippen LogP contribution in [0, 0.1) is 6.26 Å². The van der Waals surface area contributed by atoms with Crippen LogP contribution in [0.3, 0.4) is 0 Å². The van der Waals surface area contributed by atoms with Crippen molar-refractivity contribution in [2.75, 3.05) is 12.0 Å². The van der Waals surface area contributed by atoms with E-state index in [1.165, 1.54) is 18.6 Å². The first-order valence-electron chi connectivity index (χ1n) is 2.79. The lowest BCUT2D eigenvalue weighted by atomic mass is 10.4. The van der Waals surface area contributed by atoms with Crippen LogP contribution in [0.4, 0.5) is 0 Å². The molecule has 0 spiro atoms. The molecule has 0 fully saturated rings. The molecule has 0 heterocycles. The predicted molar refractivity (Wildman–Crippen MR) is 40.0 cm³/mol.